The van der Waals surface area contributed by atoms with E-state index in [0.29, 0.717) is 28.6 Å². The highest BCUT2D eigenvalue weighted by atomic mass is 35.5. The number of nitrogens with one attached hydrogen (secondary N) is 2. The summed E-state index contributed by atoms with van der Waals surface area (Å²) in [4.78, 5) is 37.1. The van der Waals surface area contributed by atoms with Gasteiger partial charge in [0.25, 0.3) is 5.91 Å². The van der Waals surface area contributed by atoms with Crippen molar-refractivity contribution in [3.63, 3.8) is 0 Å². The molecule has 0 aromatic heterocycles. The van der Waals surface area contributed by atoms with E-state index in [1.807, 2.05) is 0 Å². The van der Waals surface area contributed by atoms with Crippen molar-refractivity contribution in [2.75, 3.05) is 13.1 Å². The number of likely N-dealkylation sites (tertiary alicyclic amines) is 1. The van der Waals surface area contributed by atoms with E-state index in [1.54, 1.807) is 18.2 Å². The minimum Gasteiger partial charge on any atom is -0.333 e. The molecular weight excluding hydrogens is 353 g/mol. The van der Waals surface area contributed by atoms with Crippen LogP contribution in [0.5, 0.6) is 0 Å². The van der Waals surface area contributed by atoms with Gasteiger partial charge in [-0.15, -0.1) is 0 Å². The molecule has 24 heavy (non-hydrogen) atoms. The van der Waals surface area contributed by atoms with Crippen molar-refractivity contribution in [3.8, 4) is 0 Å². The van der Waals surface area contributed by atoms with E-state index in [-0.39, 0.29) is 18.9 Å². The van der Waals surface area contributed by atoms with Gasteiger partial charge in [0.15, 0.2) is 0 Å². The maximum absolute atomic E-state index is 11.9. The number of rotatable bonds is 4. The number of amides is 3. The number of carbonyl (C=O) groups is 3. The number of hydrazine groups is 1. The highest BCUT2D eigenvalue weighted by molar-refractivity contribution is 6.35. The Hall–Kier alpha value is -1.79. The zero-order valence-electron chi connectivity index (χ0n) is 13.1. The van der Waals surface area contributed by atoms with Crippen molar-refractivity contribution in [3.05, 3.63) is 33.8 Å². The topological polar surface area (TPSA) is 78.5 Å². The molecule has 0 unspecified atom stereocenters. The first-order chi connectivity index (χ1) is 11.5. The highest BCUT2D eigenvalue weighted by Crippen LogP contribution is 2.21. The first kappa shape index (κ1) is 18.5. The molecule has 0 saturated carbocycles. The lowest BCUT2D eigenvalue weighted by Gasteiger charge is -2.19. The summed E-state index contributed by atoms with van der Waals surface area (Å²) in [5.74, 6) is -0.863. The van der Waals surface area contributed by atoms with Crippen LogP contribution in [0.3, 0.4) is 0 Å². The van der Waals surface area contributed by atoms with Crippen LogP contribution in [0.1, 0.15) is 31.2 Å². The summed E-state index contributed by atoms with van der Waals surface area (Å²) < 4.78 is 0. The Morgan fingerprint density at radius 2 is 1.83 bits per heavy atom. The van der Waals surface area contributed by atoms with Crippen molar-refractivity contribution in [1.82, 2.24) is 15.8 Å². The third-order valence-electron chi connectivity index (χ3n) is 3.71. The second-order valence-electron chi connectivity index (χ2n) is 5.63. The number of hydrogen-bond donors (Lipinski definition) is 2. The smallest absolute Gasteiger partial charge is 0.257 e. The number of hydrogen-bond acceptors (Lipinski definition) is 3. The molecule has 1 saturated heterocycles. The highest BCUT2D eigenvalue weighted by Gasteiger charge is 2.19. The minimum atomic E-state index is -0.430. The summed E-state index contributed by atoms with van der Waals surface area (Å²) in [5, 5.41) is 0.874. The summed E-state index contributed by atoms with van der Waals surface area (Å²) in [6.07, 6.45) is 3.21. The third kappa shape index (κ3) is 5.69. The first-order valence-corrected chi connectivity index (χ1v) is 8.50. The van der Waals surface area contributed by atoms with Crippen LogP contribution >= 0.6 is 23.2 Å². The molecular formula is C16H19Cl2N3O3. The molecule has 0 radical (unpaired) electrons. The summed E-state index contributed by atoms with van der Waals surface area (Å²) in [6, 6.07) is 4.84. The van der Waals surface area contributed by atoms with Crippen molar-refractivity contribution < 1.29 is 14.4 Å². The molecule has 0 spiro atoms. The number of halogens is 2. The van der Waals surface area contributed by atoms with Gasteiger partial charge >= 0.3 is 0 Å². The first-order valence-electron chi connectivity index (χ1n) is 7.75. The second kappa shape index (κ2) is 8.89. The second-order valence-corrected chi connectivity index (χ2v) is 6.48. The molecule has 0 atom stereocenters. The minimum absolute atomic E-state index is 0.0128. The predicted molar refractivity (Wildman–Crippen MR) is 91.5 cm³/mol. The largest absolute Gasteiger partial charge is 0.333 e. The number of benzene rings is 1. The van der Waals surface area contributed by atoms with E-state index in [9.17, 15) is 14.4 Å². The van der Waals surface area contributed by atoms with Gasteiger partial charge in [-0.25, -0.2) is 0 Å². The Morgan fingerprint density at radius 3 is 2.58 bits per heavy atom. The SMILES string of the molecule is O=C(Cc1ccc(Cl)cc1Cl)NNC(=O)CN1CCCCCC1=O. The van der Waals surface area contributed by atoms with Crippen LogP contribution in [-0.4, -0.2) is 35.7 Å². The van der Waals surface area contributed by atoms with Gasteiger partial charge in [0, 0.05) is 23.0 Å². The maximum atomic E-state index is 11.9. The van der Waals surface area contributed by atoms with Crippen molar-refractivity contribution in [2.24, 2.45) is 0 Å². The van der Waals surface area contributed by atoms with Crippen LogP contribution in [-0.2, 0) is 20.8 Å². The van der Waals surface area contributed by atoms with Crippen LogP contribution in [0.25, 0.3) is 0 Å². The Balaban J connectivity index is 1.78. The molecule has 1 aromatic carbocycles. The van der Waals surface area contributed by atoms with Crippen LogP contribution in [0.4, 0.5) is 0 Å². The molecule has 8 heteroatoms. The molecule has 0 aliphatic carbocycles. The zero-order valence-corrected chi connectivity index (χ0v) is 14.6. The normalized spacial score (nSPS) is 14.9. The zero-order chi connectivity index (χ0) is 17.5. The fourth-order valence-corrected chi connectivity index (χ4v) is 2.92. The standard InChI is InChI=1S/C16H19Cl2N3O3/c17-12-6-5-11(13(18)9-12)8-14(22)19-20-15(23)10-21-7-3-1-2-4-16(21)24/h5-6,9H,1-4,7-8,10H2,(H,19,22)(H,20,23). The molecule has 1 aliphatic heterocycles. The monoisotopic (exact) mass is 371 g/mol. The maximum Gasteiger partial charge on any atom is 0.257 e. The van der Waals surface area contributed by atoms with Gasteiger partial charge in [0.2, 0.25) is 11.8 Å². The summed E-state index contributed by atoms with van der Waals surface area (Å²) >= 11 is 11.8. The van der Waals surface area contributed by atoms with Gasteiger partial charge in [-0.1, -0.05) is 35.7 Å². The lowest BCUT2D eigenvalue weighted by atomic mass is 10.1. The molecule has 2 N–H and O–H groups in total. The van der Waals surface area contributed by atoms with E-state index in [2.05, 4.69) is 10.9 Å². The predicted octanol–water partition coefficient (Wildman–Crippen LogP) is 2.09. The molecule has 6 nitrogen and oxygen atoms in total. The van der Waals surface area contributed by atoms with Gasteiger partial charge in [-0.2, -0.15) is 0 Å². The summed E-state index contributed by atoms with van der Waals surface area (Å²) in [5.41, 5.74) is 5.25. The Morgan fingerprint density at radius 1 is 1.08 bits per heavy atom. The van der Waals surface area contributed by atoms with Gasteiger partial charge < -0.3 is 4.90 Å². The molecule has 1 heterocycles. The molecule has 130 valence electrons. The van der Waals surface area contributed by atoms with Crippen molar-refractivity contribution in [1.29, 1.82) is 0 Å². The summed E-state index contributed by atoms with van der Waals surface area (Å²) in [6.45, 7) is 0.515. The Labute approximate surface area is 150 Å². The van der Waals surface area contributed by atoms with E-state index in [4.69, 9.17) is 23.2 Å². The third-order valence-corrected chi connectivity index (χ3v) is 4.30. The number of nitrogens with zero attached hydrogens (tertiary/aromatic N) is 1. The molecule has 1 aliphatic rings. The van der Waals surface area contributed by atoms with Gasteiger partial charge in [0.1, 0.15) is 6.54 Å². The van der Waals surface area contributed by atoms with Crippen LogP contribution in [0.15, 0.2) is 18.2 Å². The lowest BCUT2D eigenvalue weighted by Crippen LogP contribution is -2.48. The number of carbonyl (C=O) groups excluding carboxylic acids is 3. The summed E-state index contributed by atoms with van der Waals surface area (Å²) in [7, 11) is 0. The van der Waals surface area contributed by atoms with E-state index in [0.717, 1.165) is 19.3 Å². The Bertz CT molecular complexity index is 637. The van der Waals surface area contributed by atoms with Crippen molar-refractivity contribution in [2.45, 2.75) is 32.1 Å². The Kier molecular flexibility index (Phi) is 6.87. The van der Waals surface area contributed by atoms with Crippen molar-refractivity contribution >= 4 is 40.9 Å². The molecule has 2 rings (SSSR count). The molecule has 3 amide bonds. The van der Waals surface area contributed by atoms with E-state index >= 15 is 0 Å². The lowest BCUT2D eigenvalue weighted by molar-refractivity contribution is -0.136. The average molecular weight is 372 g/mol. The fourth-order valence-electron chi connectivity index (χ4n) is 2.44. The molecule has 0 bridgehead atoms. The van der Waals surface area contributed by atoms with Gasteiger partial charge in [-0.3, -0.25) is 25.2 Å². The van der Waals surface area contributed by atoms with Crippen LogP contribution in [0.2, 0.25) is 10.0 Å². The molecule has 1 aromatic rings. The average Bonchev–Trinajstić information content (AvgIpc) is 2.73. The van der Waals surface area contributed by atoms with Gasteiger partial charge in [0.05, 0.1) is 6.42 Å². The molecule has 1 fully saturated rings. The quantitative estimate of drug-likeness (QED) is 0.795. The van der Waals surface area contributed by atoms with Crippen LogP contribution < -0.4 is 10.9 Å². The fraction of sp³-hybridized carbons (Fsp3) is 0.438. The van der Waals surface area contributed by atoms with E-state index in [1.165, 1.54) is 4.90 Å². The van der Waals surface area contributed by atoms with Crippen LogP contribution in [0, 0.1) is 0 Å². The van der Waals surface area contributed by atoms with E-state index < -0.39 is 11.8 Å². The van der Waals surface area contributed by atoms with Gasteiger partial charge in [-0.05, 0) is 30.5 Å².